The van der Waals surface area contributed by atoms with Gasteiger partial charge in [0, 0.05) is 5.56 Å². The van der Waals surface area contributed by atoms with E-state index in [2.05, 4.69) is 0 Å². The van der Waals surface area contributed by atoms with E-state index >= 15 is 0 Å². The summed E-state index contributed by atoms with van der Waals surface area (Å²) >= 11 is 17.9. The molecule has 0 unspecified atom stereocenters. The molecule has 5 heteroatoms. The zero-order chi connectivity index (χ0) is 14.7. The van der Waals surface area contributed by atoms with E-state index in [9.17, 15) is 4.79 Å². The Morgan fingerprint density at radius 3 is 2.55 bits per heavy atom. The van der Waals surface area contributed by atoms with Crippen LogP contribution in [0, 0.1) is 6.92 Å². The molecule has 104 valence electrons. The molecule has 0 aliphatic rings. The summed E-state index contributed by atoms with van der Waals surface area (Å²) in [6, 6.07) is 8.80. The highest BCUT2D eigenvalue weighted by Gasteiger charge is 2.10. The van der Waals surface area contributed by atoms with Crippen molar-refractivity contribution in [1.82, 2.24) is 0 Å². The maximum absolute atomic E-state index is 10.8. The molecule has 0 aliphatic heterocycles. The minimum absolute atomic E-state index is 0.267. The highest BCUT2D eigenvalue weighted by Crippen LogP contribution is 2.37. The van der Waals surface area contributed by atoms with Crippen molar-refractivity contribution in [2.24, 2.45) is 0 Å². The molecule has 0 saturated heterocycles. The van der Waals surface area contributed by atoms with Crippen LogP contribution in [0.1, 0.15) is 21.5 Å². The van der Waals surface area contributed by atoms with Gasteiger partial charge in [-0.3, -0.25) is 4.79 Å². The van der Waals surface area contributed by atoms with Crippen molar-refractivity contribution < 1.29 is 9.53 Å². The summed E-state index contributed by atoms with van der Waals surface area (Å²) in [6.45, 7) is 2.21. The van der Waals surface area contributed by atoms with E-state index in [0.29, 0.717) is 22.9 Å². The molecule has 2 aromatic carbocycles. The van der Waals surface area contributed by atoms with Gasteiger partial charge in [-0.15, -0.1) is 0 Å². The molecule has 0 aromatic heterocycles. The topological polar surface area (TPSA) is 26.3 Å². The Labute approximate surface area is 132 Å². The van der Waals surface area contributed by atoms with Gasteiger partial charge in [0.1, 0.15) is 23.7 Å². The van der Waals surface area contributed by atoms with E-state index in [1.54, 1.807) is 18.2 Å². The number of rotatable bonds is 4. The standard InChI is InChI=1S/C15H11Cl3O2/c1-9-4-10(7-19)6-11(5-9)8-20-13-3-2-12(16)14(17)15(13)18/h2-7H,8H2,1H3. The number of aryl methyl sites for hydroxylation is 1. The Morgan fingerprint density at radius 1 is 1.10 bits per heavy atom. The average molecular weight is 330 g/mol. The van der Waals surface area contributed by atoms with E-state index in [1.165, 1.54) is 0 Å². The second-order valence-corrected chi connectivity index (χ2v) is 5.50. The summed E-state index contributed by atoms with van der Waals surface area (Å²) in [5, 5.41) is 0.925. The van der Waals surface area contributed by atoms with Crippen molar-refractivity contribution in [3.63, 3.8) is 0 Å². The quantitative estimate of drug-likeness (QED) is 0.558. The van der Waals surface area contributed by atoms with E-state index in [0.717, 1.165) is 17.4 Å². The number of carbonyl (C=O) groups excluding carboxylic acids is 1. The second-order valence-electron chi connectivity index (χ2n) is 4.33. The predicted octanol–water partition coefficient (Wildman–Crippen LogP) is 5.35. The second kappa shape index (κ2) is 6.49. The molecule has 0 aliphatic carbocycles. The number of halogens is 3. The summed E-state index contributed by atoms with van der Waals surface area (Å²) in [7, 11) is 0. The lowest BCUT2D eigenvalue weighted by molar-refractivity contribution is 0.112. The van der Waals surface area contributed by atoms with Crippen molar-refractivity contribution in [3.05, 3.63) is 62.1 Å². The van der Waals surface area contributed by atoms with Gasteiger partial charge in [-0.2, -0.15) is 0 Å². The number of hydrogen-bond acceptors (Lipinski definition) is 2. The summed E-state index contributed by atoms with van der Waals surface area (Å²) in [4.78, 5) is 10.8. The molecule has 2 nitrogen and oxygen atoms in total. The van der Waals surface area contributed by atoms with Crippen LogP contribution in [0.15, 0.2) is 30.3 Å². The molecule has 0 amide bonds. The number of ether oxygens (including phenoxy) is 1. The molecule has 0 saturated carbocycles. The van der Waals surface area contributed by atoms with Crippen LogP contribution in [-0.4, -0.2) is 6.29 Å². The van der Waals surface area contributed by atoms with Crippen LogP contribution in [0.4, 0.5) is 0 Å². The third kappa shape index (κ3) is 3.45. The van der Waals surface area contributed by atoms with E-state index < -0.39 is 0 Å². The van der Waals surface area contributed by atoms with Crippen molar-refractivity contribution in [2.75, 3.05) is 0 Å². The van der Waals surface area contributed by atoms with Crippen LogP contribution in [0.2, 0.25) is 15.1 Å². The smallest absolute Gasteiger partial charge is 0.150 e. The van der Waals surface area contributed by atoms with Gasteiger partial charge in [-0.05, 0) is 36.8 Å². The molecule has 20 heavy (non-hydrogen) atoms. The van der Waals surface area contributed by atoms with Gasteiger partial charge >= 0.3 is 0 Å². The number of benzene rings is 2. The molecule has 0 fully saturated rings. The summed E-state index contributed by atoms with van der Waals surface area (Å²) in [5.41, 5.74) is 2.49. The van der Waals surface area contributed by atoms with Crippen LogP contribution in [-0.2, 0) is 6.61 Å². The monoisotopic (exact) mass is 328 g/mol. The highest BCUT2D eigenvalue weighted by molar-refractivity contribution is 6.48. The fraction of sp³-hybridized carbons (Fsp3) is 0.133. The number of hydrogen-bond donors (Lipinski definition) is 0. The Bertz CT molecular complexity index is 654. The molecule has 2 rings (SSSR count). The average Bonchev–Trinajstić information content (AvgIpc) is 2.43. The zero-order valence-electron chi connectivity index (χ0n) is 10.6. The number of carbonyl (C=O) groups is 1. The summed E-state index contributed by atoms with van der Waals surface area (Å²) in [5.74, 6) is 0.454. The fourth-order valence-corrected chi connectivity index (χ4v) is 2.41. The SMILES string of the molecule is Cc1cc(C=O)cc(COc2ccc(Cl)c(Cl)c2Cl)c1. The normalized spacial score (nSPS) is 10.4. The highest BCUT2D eigenvalue weighted by atomic mass is 35.5. The zero-order valence-corrected chi connectivity index (χ0v) is 12.9. The van der Waals surface area contributed by atoms with Gasteiger partial charge in [0.05, 0.1) is 10.0 Å². The third-order valence-corrected chi connectivity index (χ3v) is 3.97. The van der Waals surface area contributed by atoms with Crippen LogP contribution >= 0.6 is 34.8 Å². The lowest BCUT2D eigenvalue weighted by atomic mass is 10.1. The van der Waals surface area contributed by atoms with Crippen LogP contribution in [0.3, 0.4) is 0 Å². The Morgan fingerprint density at radius 2 is 1.85 bits per heavy atom. The van der Waals surface area contributed by atoms with E-state index in [4.69, 9.17) is 39.5 Å². The maximum atomic E-state index is 10.8. The first kappa shape index (κ1) is 15.2. The molecule has 0 bridgehead atoms. The molecule has 0 radical (unpaired) electrons. The Balaban J connectivity index is 2.19. The fourth-order valence-electron chi connectivity index (χ4n) is 1.83. The first-order valence-corrected chi connectivity index (χ1v) is 6.96. The van der Waals surface area contributed by atoms with Gasteiger partial charge in [0.2, 0.25) is 0 Å². The molecule has 0 atom stereocenters. The minimum Gasteiger partial charge on any atom is -0.487 e. The predicted molar refractivity (Wildman–Crippen MR) is 82.4 cm³/mol. The van der Waals surface area contributed by atoms with Crippen molar-refractivity contribution >= 4 is 41.1 Å². The van der Waals surface area contributed by atoms with Gasteiger partial charge in [-0.25, -0.2) is 0 Å². The number of aldehydes is 1. The lowest BCUT2D eigenvalue weighted by Crippen LogP contribution is -1.98. The molecule has 2 aromatic rings. The van der Waals surface area contributed by atoms with Crippen molar-refractivity contribution in [1.29, 1.82) is 0 Å². The first-order valence-electron chi connectivity index (χ1n) is 5.83. The largest absolute Gasteiger partial charge is 0.487 e. The molecule has 0 spiro atoms. The van der Waals surface area contributed by atoms with Crippen LogP contribution in [0.5, 0.6) is 5.75 Å². The van der Waals surface area contributed by atoms with Gasteiger partial charge in [0.25, 0.3) is 0 Å². The van der Waals surface area contributed by atoms with Crippen molar-refractivity contribution in [3.8, 4) is 5.75 Å². The third-order valence-electron chi connectivity index (χ3n) is 2.69. The maximum Gasteiger partial charge on any atom is 0.150 e. The lowest BCUT2D eigenvalue weighted by Gasteiger charge is -2.10. The Kier molecular flexibility index (Phi) is 4.92. The van der Waals surface area contributed by atoms with Crippen LogP contribution < -0.4 is 4.74 Å². The summed E-state index contributed by atoms with van der Waals surface area (Å²) < 4.78 is 5.62. The molecule has 0 heterocycles. The van der Waals surface area contributed by atoms with Gasteiger partial charge in [0.15, 0.2) is 0 Å². The minimum atomic E-state index is 0.267. The first-order chi connectivity index (χ1) is 9.51. The molecular weight excluding hydrogens is 319 g/mol. The van der Waals surface area contributed by atoms with E-state index in [-0.39, 0.29) is 10.0 Å². The molecule has 0 N–H and O–H groups in total. The van der Waals surface area contributed by atoms with E-state index in [1.807, 2.05) is 19.1 Å². The summed E-state index contributed by atoms with van der Waals surface area (Å²) in [6.07, 6.45) is 0.808. The van der Waals surface area contributed by atoms with Gasteiger partial charge < -0.3 is 4.74 Å². The molecular formula is C15H11Cl3O2. The van der Waals surface area contributed by atoms with Crippen molar-refractivity contribution in [2.45, 2.75) is 13.5 Å². The van der Waals surface area contributed by atoms with Crippen LogP contribution in [0.25, 0.3) is 0 Å². The van der Waals surface area contributed by atoms with Gasteiger partial charge in [-0.1, -0.05) is 46.4 Å². The Hall–Kier alpha value is -1.22.